The molecule has 2 rings (SSSR count). The first-order valence-corrected chi connectivity index (χ1v) is 10.4. The van der Waals surface area contributed by atoms with Crippen molar-refractivity contribution in [2.24, 2.45) is 0 Å². The number of rotatable bonds is 7. The highest BCUT2D eigenvalue weighted by Gasteiger charge is 2.20. The molecule has 7 nitrogen and oxygen atoms in total. The van der Waals surface area contributed by atoms with E-state index >= 15 is 0 Å². The van der Waals surface area contributed by atoms with E-state index in [2.05, 4.69) is 9.44 Å². The lowest BCUT2D eigenvalue weighted by Crippen LogP contribution is -2.30. The molecule has 0 atom stereocenters. The van der Waals surface area contributed by atoms with Crippen LogP contribution >= 0.6 is 0 Å². The molecule has 0 saturated carbocycles. The minimum Gasteiger partial charge on any atom is -0.495 e. The summed E-state index contributed by atoms with van der Waals surface area (Å²) in [5.41, 5.74) is 0.245. The molecule has 25 heavy (non-hydrogen) atoms. The Kier molecular flexibility index (Phi) is 5.71. The van der Waals surface area contributed by atoms with Gasteiger partial charge < -0.3 is 4.74 Å². The molecule has 2 aromatic carbocycles. The maximum Gasteiger partial charge on any atom is 0.265 e. The van der Waals surface area contributed by atoms with Gasteiger partial charge in [0.1, 0.15) is 10.6 Å². The van der Waals surface area contributed by atoms with Crippen molar-refractivity contribution in [1.29, 1.82) is 0 Å². The average molecular weight is 384 g/mol. The normalized spacial score (nSPS) is 12.2. The molecule has 0 unspecified atom stereocenters. The van der Waals surface area contributed by atoms with Gasteiger partial charge in [-0.2, -0.15) is 0 Å². The van der Waals surface area contributed by atoms with Crippen molar-refractivity contribution in [3.05, 3.63) is 48.5 Å². The first-order valence-electron chi connectivity index (χ1n) is 7.44. The molecule has 136 valence electrons. The standard InChI is InChI=1S/C16H20N2O5S2/c1-12(2)17-24(19,20)14-10-8-13(9-11-14)18-25(21,22)16-7-5-4-6-15(16)23-3/h4-12,17-18H,1-3H3. The van der Waals surface area contributed by atoms with Crippen LogP contribution in [0.2, 0.25) is 0 Å². The summed E-state index contributed by atoms with van der Waals surface area (Å²) in [4.78, 5) is 0.0529. The summed E-state index contributed by atoms with van der Waals surface area (Å²) in [6.45, 7) is 3.43. The van der Waals surface area contributed by atoms with E-state index in [4.69, 9.17) is 4.74 Å². The fourth-order valence-electron chi connectivity index (χ4n) is 2.13. The van der Waals surface area contributed by atoms with Crippen molar-refractivity contribution in [2.75, 3.05) is 11.8 Å². The van der Waals surface area contributed by atoms with E-state index in [1.807, 2.05) is 0 Å². The van der Waals surface area contributed by atoms with Gasteiger partial charge in [-0.1, -0.05) is 12.1 Å². The van der Waals surface area contributed by atoms with E-state index in [9.17, 15) is 16.8 Å². The Hall–Kier alpha value is -2.10. The van der Waals surface area contributed by atoms with Crippen LogP contribution in [-0.2, 0) is 20.0 Å². The third kappa shape index (κ3) is 4.71. The first kappa shape index (κ1) is 19.2. The largest absolute Gasteiger partial charge is 0.495 e. The lowest BCUT2D eigenvalue weighted by atomic mass is 10.3. The first-order chi connectivity index (χ1) is 11.7. The molecule has 0 aliphatic rings. The molecule has 0 spiro atoms. The van der Waals surface area contributed by atoms with Crippen molar-refractivity contribution >= 4 is 25.7 Å². The highest BCUT2D eigenvalue weighted by molar-refractivity contribution is 7.92. The lowest BCUT2D eigenvalue weighted by molar-refractivity contribution is 0.403. The Bertz CT molecular complexity index is 937. The van der Waals surface area contributed by atoms with E-state index in [0.717, 1.165) is 0 Å². The highest BCUT2D eigenvalue weighted by atomic mass is 32.2. The van der Waals surface area contributed by atoms with Gasteiger partial charge in [0, 0.05) is 11.7 Å². The second kappa shape index (κ2) is 7.42. The van der Waals surface area contributed by atoms with Crippen LogP contribution in [0.3, 0.4) is 0 Å². The molecule has 0 aliphatic heterocycles. The van der Waals surface area contributed by atoms with Crippen LogP contribution in [-0.4, -0.2) is 30.0 Å². The fraction of sp³-hybridized carbons (Fsp3) is 0.250. The van der Waals surface area contributed by atoms with Crippen LogP contribution in [0.25, 0.3) is 0 Å². The van der Waals surface area contributed by atoms with Crippen LogP contribution in [0.15, 0.2) is 58.3 Å². The van der Waals surface area contributed by atoms with E-state index in [1.54, 1.807) is 32.0 Å². The van der Waals surface area contributed by atoms with Crippen LogP contribution in [0.1, 0.15) is 13.8 Å². The van der Waals surface area contributed by atoms with Crippen molar-refractivity contribution in [3.63, 3.8) is 0 Å². The molecule has 2 aromatic rings. The quantitative estimate of drug-likeness (QED) is 0.762. The van der Waals surface area contributed by atoms with Gasteiger partial charge in [-0.3, -0.25) is 4.72 Å². The van der Waals surface area contributed by atoms with Crippen LogP contribution in [0.5, 0.6) is 5.75 Å². The number of nitrogens with one attached hydrogen (secondary N) is 2. The summed E-state index contributed by atoms with van der Waals surface area (Å²) in [6, 6.07) is 11.4. The smallest absolute Gasteiger partial charge is 0.265 e. The second-order valence-corrected chi connectivity index (χ2v) is 8.92. The Morgan fingerprint density at radius 1 is 0.880 bits per heavy atom. The molecule has 0 saturated heterocycles. The Morgan fingerprint density at radius 2 is 1.48 bits per heavy atom. The number of anilines is 1. The van der Waals surface area contributed by atoms with E-state index in [0.29, 0.717) is 0 Å². The summed E-state index contributed by atoms with van der Waals surface area (Å²) in [5.74, 6) is 0.218. The van der Waals surface area contributed by atoms with E-state index < -0.39 is 20.0 Å². The van der Waals surface area contributed by atoms with Crippen molar-refractivity contribution < 1.29 is 21.6 Å². The zero-order chi connectivity index (χ0) is 18.7. The topological polar surface area (TPSA) is 102 Å². The number of sulfonamides is 2. The van der Waals surface area contributed by atoms with Crippen molar-refractivity contribution in [2.45, 2.75) is 29.7 Å². The predicted octanol–water partition coefficient (Wildman–Crippen LogP) is 2.18. The molecular weight excluding hydrogens is 364 g/mol. The molecule has 0 radical (unpaired) electrons. The SMILES string of the molecule is COc1ccccc1S(=O)(=O)Nc1ccc(S(=O)(=O)NC(C)C)cc1. The average Bonchev–Trinajstić information content (AvgIpc) is 2.53. The van der Waals surface area contributed by atoms with Gasteiger partial charge in [0.25, 0.3) is 10.0 Å². The number of para-hydroxylation sites is 1. The van der Waals surface area contributed by atoms with E-state index in [-0.39, 0.29) is 27.3 Å². The zero-order valence-corrected chi connectivity index (χ0v) is 15.7. The van der Waals surface area contributed by atoms with Crippen LogP contribution < -0.4 is 14.2 Å². The van der Waals surface area contributed by atoms with Gasteiger partial charge in [0.2, 0.25) is 10.0 Å². The number of ether oxygens (including phenoxy) is 1. The lowest BCUT2D eigenvalue weighted by Gasteiger charge is -2.12. The fourth-order valence-corrected chi connectivity index (χ4v) is 4.61. The van der Waals surface area contributed by atoms with Gasteiger partial charge in [-0.25, -0.2) is 21.6 Å². The van der Waals surface area contributed by atoms with Crippen molar-refractivity contribution in [1.82, 2.24) is 4.72 Å². The Morgan fingerprint density at radius 3 is 2.04 bits per heavy atom. The third-order valence-corrected chi connectivity index (χ3v) is 6.26. The predicted molar refractivity (Wildman–Crippen MR) is 95.7 cm³/mol. The summed E-state index contributed by atoms with van der Waals surface area (Å²) >= 11 is 0. The second-order valence-electron chi connectivity index (χ2n) is 5.56. The van der Waals surface area contributed by atoms with Gasteiger partial charge in [0.15, 0.2) is 0 Å². The molecule has 0 heterocycles. The number of benzene rings is 2. The number of methoxy groups -OCH3 is 1. The summed E-state index contributed by atoms with van der Waals surface area (Å²) in [7, 11) is -6.11. The maximum atomic E-state index is 12.5. The molecular formula is C16H20N2O5S2. The Balaban J connectivity index is 2.27. The molecule has 0 aromatic heterocycles. The summed E-state index contributed by atoms with van der Waals surface area (Å²) in [5, 5.41) is 0. The molecule has 0 amide bonds. The van der Waals surface area contributed by atoms with Gasteiger partial charge >= 0.3 is 0 Å². The van der Waals surface area contributed by atoms with E-state index in [1.165, 1.54) is 37.4 Å². The summed E-state index contributed by atoms with van der Waals surface area (Å²) < 4.78 is 59.1. The third-order valence-electron chi connectivity index (χ3n) is 3.17. The van der Waals surface area contributed by atoms with Crippen LogP contribution in [0, 0.1) is 0 Å². The molecule has 9 heteroatoms. The van der Waals surface area contributed by atoms with Crippen molar-refractivity contribution in [3.8, 4) is 5.75 Å². The molecule has 0 bridgehead atoms. The van der Waals surface area contributed by atoms with Gasteiger partial charge in [-0.15, -0.1) is 0 Å². The van der Waals surface area contributed by atoms with Crippen LogP contribution in [0.4, 0.5) is 5.69 Å². The molecule has 0 fully saturated rings. The maximum absolute atomic E-state index is 12.5. The molecule has 0 aliphatic carbocycles. The minimum atomic E-state index is -3.86. The summed E-state index contributed by atoms with van der Waals surface area (Å²) in [6.07, 6.45) is 0. The van der Waals surface area contributed by atoms with Gasteiger partial charge in [0.05, 0.1) is 12.0 Å². The number of hydrogen-bond acceptors (Lipinski definition) is 5. The zero-order valence-electron chi connectivity index (χ0n) is 14.1. The number of hydrogen-bond donors (Lipinski definition) is 2. The highest BCUT2D eigenvalue weighted by Crippen LogP contribution is 2.25. The minimum absolute atomic E-state index is 0.00401. The molecule has 2 N–H and O–H groups in total. The Labute approximate surface area is 148 Å². The van der Waals surface area contributed by atoms with Gasteiger partial charge in [-0.05, 0) is 50.2 Å². The monoisotopic (exact) mass is 384 g/mol.